The van der Waals surface area contributed by atoms with Crippen molar-refractivity contribution in [1.29, 1.82) is 0 Å². The quantitative estimate of drug-likeness (QED) is 0.433. The molecule has 0 aromatic carbocycles. The molecule has 0 saturated carbocycles. The third kappa shape index (κ3) is 3.86. The summed E-state index contributed by atoms with van der Waals surface area (Å²) in [6.45, 7) is 3.58. The number of rotatable bonds is 5. The number of pyridine rings is 1. The van der Waals surface area contributed by atoms with Crippen molar-refractivity contribution in [2.75, 3.05) is 19.8 Å². The third-order valence-corrected chi connectivity index (χ3v) is 5.90. The lowest BCUT2D eigenvalue weighted by molar-refractivity contribution is -0.155. The Bertz CT molecular complexity index is 1350. The first-order chi connectivity index (χ1) is 16.4. The minimum Gasteiger partial charge on any atom is -0.470 e. The molecular formula is C21H18F3N7O3. The topological polar surface area (TPSA) is 104 Å². The van der Waals surface area contributed by atoms with Gasteiger partial charge in [0.2, 0.25) is 17.5 Å². The highest BCUT2D eigenvalue weighted by molar-refractivity contribution is 5.54. The fourth-order valence-electron chi connectivity index (χ4n) is 3.98. The van der Waals surface area contributed by atoms with Gasteiger partial charge in [-0.05, 0) is 17.7 Å². The number of aromatic nitrogens is 6. The molecule has 1 saturated heterocycles. The van der Waals surface area contributed by atoms with Crippen molar-refractivity contribution in [3.63, 3.8) is 0 Å². The largest absolute Gasteiger partial charge is 0.470 e. The molecule has 0 amide bonds. The summed E-state index contributed by atoms with van der Waals surface area (Å²) in [6, 6.07) is 8.46. The molecule has 0 spiro atoms. The number of alkyl halides is 3. The molecule has 0 aliphatic carbocycles. The summed E-state index contributed by atoms with van der Waals surface area (Å²) in [5, 5.41) is 15.5. The minimum absolute atomic E-state index is 0.00743. The molecule has 0 radical (unpaired) electrons. The maximum absolute atomic E-state index is 12.8. The van der Waals surface area contributed by atoms with Crippen LogP contribution in [-0.4, -0.2) is 60.7 Å². The summed E-state index contributed by atoms with van der Waals surface area (Å²) in [6.07, 6.45) is -3.79. The van der Waals surface area contributed by atoms with Gasteiger partial charge in [0.25, 0.3) is 0 Å². The molecule has 0 N–H and O–H groups in total. The van der Waals surface area contributed by atoms with Crippen LogP contribution in [0, 0.1) is 0 Å². The molecule has 2 aliphatic heterocycles. The van der Waals surface area contributed by atoms with Gasteiger partial charge < -0.3 is 14.0 Å². The Kier molecular flexibility index (Phi) is 4.95. The van der Waals surface area contributed by atoms with E-state index < -0.39 is 11.9 Å². The molecule has 4 aromatic heterocycles. The second kappa shape index (κ2) is 8.02. The van der Waals surface area contributed by atoms with Gasteiger partial charge in [0.1, 0.15) is 6.61 Å². The fourth-order valence-corrected chi connectivity index (χ4v) is 3.98. The van der Waals surface area contributed by atoms with Gasteiger partial charge in [-0.2, -0.15) is 17.7 Å². The molecule has 1 fully saturated rings. The smallest absolute Gasteiger partial charge is 0.452 e. The second-order valence-electron chi connectivity index (χ2n) is 8.15. The summed E-state index contributed by atoms with van der Waals surface area (Å²) in [5.41, 5.74) is 3.22. The van der Waals surface area contributed by atoms with Gasteiger partial charge in [0.15, 0.2) is 11.3 Å². The zero-order valence-corrected chi connectivity index (χ0v) is 17.7. The zero-order chi connectivity index (χ0) is 23.3. The van der Waals surface area contributed by atoms with Crippen LogP contribution in [0.3, 0.4) is 0 Å². The van der Waals surface area contributed by atoms with Crippen LogP contribution < -0.4 is 4.74 Å². The first-order valence-electron chi connectivity index (χ1n) is 10.6. The molecule has 0 unspecified atom stereocenters. The zero-order valence-electron chi connectivity index (χ0n) is 17.7. The number of nitrogens with zero attached hydrogens (tertiary/aromatic N) is 7. The van der Waals surface area contributed by atoms with E-state index >= 15 is 0 Å². The van der Waals surface area contributed by atoms with Crippen molar-refractivity contribution in [3.05, 3.63) is 53.0 Å². The minimum atomic E-state index is -4.65. The molecular weight excluding hydrogens is 455 g/mol. The van der Waals surface area contributed by atoms with Crippen molar-refractivity contribution >= 4 is 5.65 Å². The summed E-state index contributed by atoms with van der Waals surface area (Å²) in [7, 11) is 0. The van der Waals surface area contributed by atoms with Crippen molar-refractivity contribution in [2.45, 2.75) is 31.8 Å². The highest BCUT2D eigenvalue weighted by atomic mass is 19.4. The summed E-state index contributed by atoms with van der Waals surface area (Å²) >= 11 is 0. The van der Waals surface area contributed by atoms with Gasteiger partial charge in [-0.15, -0.1) is 15.3 Å². The van der Waals surface area contributed by atoms with Gasteiger partial charge in [0.05, 0.1) is 24.9 Å². The Balaban J connectivity index is 1.18. The van der Waals surface area contributed by atoms with Crippen LogP contribution in [0.5, 0.6) is 5.88 Å². The van der Waals surface area contributed by atoms with Crippen molar-refractivity contribution < 1.29 is 27.2 Å². The average molecular weight is 473 g/mol. The Morgan fingerprint density at radius 1 is 1.12 bits per heavy atom. The van der Waals surface area contributed by atoms with E-state index in [4.69, 9.17) is 14.5 Å². The summed E-state index contributed by atoms with van der Waals surface area (Å²) in [4.78, 5) is 7.16. The standard InChI is InChI=1S/C21H18F3N7O3/c22-21(23,24)17-7-16(29-34-17)20-27-26-18-3-4-19(28-31(18)20)33-9-13-2-1-12-8-30(14-10-32-11-14)6-5-15(12)25-13/h1-4,7,14H,5-6,8-11H2. The molecule has 6 rings (SSSR count). The molecule has 0 atom stereocenters. The van der Waals surface area contributed by atoms with Gasteiger partial charge in [-0.25, -0.2) is 0 Å². The molecule has 2 aliphatic rings. The van der Waals surface area contributed by atoms with Gasteiger partial charge in [-0.1, -0.05) is 11.2 Å². The van der Waals surface area contributed by atoms with Crippen LogP contribution in [0.25, 0.3) is 17.2 Å². The van der Waals surface area contributed by atoms with E-state index in [1.807, 2.05) is 6.07 Å². The predicted molar refractivity (Wildman–Crippen MR) is 109 cm³/mol. The summed E-state index contributed by atoms with van der Waals surface area (Å²) in [5.74, 6) is -0.980. The fraction of sp³-hybridized carbons (Fsp3) is 0.381. The average Bonchev–Trinajstić information content (AvgIpc) is 3.43. The van der Waals surface area contributed by atoms with Gasteiger partial charge >= 0.3 is 6.18 Å². The van der Waals surface area contributed by atoms with E-state index in [1.54, 1.807) is 12.1 Å². The molecule has 0 bridgehead atoms. The number of hydrogen-bond acceptors (Lipinski definition) is 9. The highest BCUT2D eigenvalue weighted by Gasteiger charge is 2.37. The first kappa shape index (κ1) is 21.0. The maximum atomic E-state index is 12.8. The lowest BCUT2D eigenvalue weighted by Gasteiger charge is -2.39. The molecule has 4 aromatic rings. The molecule has 13 heteroatoms. The van der Waals surface area contributed by atoms with E-state index in [0.29, 0.717) is 11.7 Å². The van der Waals surface area contributed by atoms with E-state index in [1.165, 1.54) is 10.1 Å². The maximum Gasteiger partial charge on any atom is 0.452 e. The highest BCUT2D eigenvalue weighted by Crippen LogP contribution is 2.32. The van der Waals surface area contributed by atoms with Crippen LogP contribution in [-0.2, 0) is 30.5 Å². The van der Waals surface area contributed by atoms with E-state index in [2.05, 4.69) is 35.9 Å². The van der Waals surface area contributed by atoms with Crippen molar-refractivity contribution in [2.24, 2.45) is 0 Å². The van der Waals surface area contributed by atoms with Crippen LogP contribution >= 0.6 is 0 Å². The summed E-state index contributed by atoms with van der Waals surface area (Å²) < 4.78 is 55.2. The Hall–Kier alpha value is -3.58. The second-order valence-corrected chi connectivity index (χ2v) is 8.15. The number of fused-ring (bicyclic) bond motifs is 2. The predicted octanol–water partition coefficient (Wildman–Crippen LogP) is 2.53. The SMILES string of the molecule is FC(F)(F)c1cc(-c2nnc3ccc(OCc4ccc5c(n4)CCN(C4COC4)C5)nn23)no1. The van der Waals surface area contributed by atoms with Gasteiger partial charge in [0, 0.05) is 37.3 Å². The van der Waals surface area contributed by atoms with E-state index in [-0.39, 0.29) is 24.0 Å². The lowest BCUT2D eigenvalue weighted by Crippen LogP contribution is -2.50. The number of halogens is 3. The van der Waals surface area contributed by atoms with E-state index in [9.17, 15) is 13.2 Å². The lowest BCUT2D eigenvalue weighted by atomic mass is 10.0. The molecule has 10 nitrogen and oxygen atoms in total. The molecule has 34 heavy (non-hydrogen) atoms. The monoisotopic (exact) mass is 473 g/mol. The Morgan fingerprint density at radius 2 is 2.00 bits per heavy atom. The van der Waals surface area contributed by atoms with Crippen LogP contribution in [0.2, 0.25) is 0 Å². The van der Waals surface area contributed by atoms with Gasteiger partial charge in [-0.3, -0.25) is 9.88 Å². The Labute approximate surface area is 190 Å². The normalized spacial score (nSPS) is 17.0. The van der Waals surface area contributed by atoms with E-state index in [0.717, 1.165) is 50.2 Å². The number of hydrogen-bond donors (Lipinski definition) is 0. The first-order valence-corrected chi connectivity index (χ1v) is 10.6. The number of ether oxygens (including phenoxy) is 2. The Morgan fingerprint density at radius 3 is 2.76 bits per heavy atom. The third-order valence-electron chi connectivity index (χ3n) is 5.90. The molecule has 176 valence electrons. The van der Waals surface area contributed by atoms with Crippen LogP contribution in [0.1, 0.15) is 22.7 Å². The van der Waals surface area contributed by atoms with Crippen molar-refractivity contribution in [1.82, 2.24) is 34.9 Å². The van der Waals surface area contributed by atoms with Crippen LogP contribution in [0.15, 0.2) is 34.9 Å². The molecule has 6 heterocycles. The van der Waals surface area contributed by atoms with Crippen molar-refractivity contribution in [3.8, 4) is 17.4 Å². The van der Waals surface area contributed by atoms with Crippen LogP contribution in [0.4, 0.5) is 13.2 Å².